The Morgan fingerprint density at radius 1 is 1.10 bits per heavy atom. The summed E-state index contributed by atoms with van der Waals surface area (Å²) in [5.74, 6) is -1.28. The van der Waals surface area contributed by atoms with Gasteiger partial charge in [0.2, 0.25) is 0 Å². The number of alkyl halides is 3. The van der Waals surface area contributed by atoms with Crippen molar-refractivity contribution in [2.45, 2.75) is 33.4 Å². The molecule has 120 valence electrons. The Labute approximate surface area is 122 Å². The molecule has 0 aliphatic carbocycles. The van der Waals surface area contributed by atoms with E-state index in [4.69, 9.17) is 4.74 Å². The first kappa shape index (κ1) is 17.8. The van der Waals surface area contributed by atoms with Crippen molar-refractivity contribution in [3.05, 3.63) is 29.6 Å². The Balaban J connectivity index is 2.40. The molecule has 1 aromatic rings. The summed E-state index contributed by atoms with van der Waals surface area (Å²) < 4.78 is 55.8. The Hall–Kier alpha value is -1.30. The number of hydrogen-bond donors (Lipinski definition) is 1. The molecule has 2 nitrogen and oxygen atoms in total. The Morgan fingerprint density at radius 2 is 1.76 bits per heavy atom. The molecule has 0 aliphatic heterocycles. The van der Waals surface area contributed by atoms with Crippen LogP contribution in [-0.2, 0) is 6.18 Å². The van der Waals surface area contributed by atoms with Gasteiger partial charge in [-0.1, -0.05) is 20.8 Å². The van der Waals surface area contributed by atoms with Gasteiger partial charge >= 0.3 is 6.18 Å². The van der Waals surface area contributed by atoms with Crippen molar-refractivity contribution in [2.75, 3.05) is 19.7 Å². The fraction of sp³-hybridized carbons (Fsp3) is 0.600. The van der Waals surface area contributed by atoms with E-state index in [1.807, 2.05) is 0 Å². The fourth-order valence-electron chi connectivity index (χ4n) is 1.64. The first-order valence-corrected chi connectivity index (χ1v) is 6.80. The third-order valence-corrected chi connectivity index (χ3v) is 2.84. The smallest absolute Gasteiger partial charge is 0.419 e. The predicted octanol–water partition coefficient (Wildman–Crippen LogP) is 4.25. The third kappa shape index (κ3) is 6.80. The molecule has 6 heteroatoms. The van der Waals surface area contributed by atoms with Crippen LogP contribution in [0.25, 0.3) is 0 Å². The summed E-state index contributed by atoms with van der Waals surface area (Å²) in [6.07, 6.45) is -3.73. The van der Waals surface area contributed by atoms with Crippen LogP contribution in [0.4, 0.5) is 17.6 Å². The average molecular weight is 307 g/mol. The molecular weight excluding hydrogens is 286 g/mol. The van der Waals surface area contributed by atoms with E-state index in [2.05, 4.69) is 26.1 Å². The van der Waals surface area contributed by atoms with E-state index in [1.54, 1.807) is 0 Å². The van der Waals surface area contributed by atoms with Gasteiger partial charge in [-0.3, -0.25) is 0 Å². The van der Waals surface area contributed by atoms with Gasteiger partial charge in [0.05, 0.1) is 5.56 Å². The monoisotopic (exact) mass is 307 g/mol. The average Bonchev–Trinajstić information content (AvgIpc) is 2.32. The minimum absolute atomic E-state index is 0.0151. The van der Waals surface area contributed by atoms with Crippen LogP contribution in [0, 0.1) is 11.2 Å². The molecule has 1 N–H and O–H groups in total. The summed E-state index contributed by atoms with van der Waals surface area (Å²) in [7, 11) is 0. The predicted molar refractivity (Wildman–Crippen MR) is 73.8 cm³/mol. The van der Waals surface area contributed by atoms with Gasteiger partial charge < -0.3 is 10.1 Å². The van der Waals surface area contributed by atoms with Crippen LogP contribution in [0.1, 0.15) is 32.8 Å². The Kier molecular flexibility index (Phi) is 6.01. The topological polar surface area (TPSA) is 21.3 Å². The maximum atomic E-state index is 13.1. The van der Waals surface area contributed by atoms with Gasteiger partial charge in [-0.25, -0.2) is 4.39 Å². The largest absolute Gasteiger partial charge is 0.492 e. The van der Waals surface area contributed by atoms with E-state index in [9.17, 15) is 17.6 Å². The summed E-state index contributed by atoms with van der Waals surface area (Å²) in [6.45, 7) is 7.94. The molecule has 0 unspecified atom stereocenters. The van der Waals surface area contributed by atoms with Crippen molar-refractivity contribution in [2.24, 2.45) is 5.41 Å². The standard InChI is InChI=1S/C15H21F4NO/c1-14(2,3)6-7-20-8-9-21-11-4-5-13(16)12(10-11)15(17,18)19/h4-5,10,20H,6-9H2,1-3H3. The molecule has 0 bridgehead atoms. The van der Waals surface area contributed by atoms with E-state index in [0.29, 0.717) is 12.6 Å². The van der Waals surface area contributed by atoms with Gasteiger partial charge in [-0.05, 0) is 36.6 Å². The Morgan fingerprint density at radius 3 is 2.33 bits per heavy atom. The summed E-state index contributed by atoms with van der Waals surface area (Å²) >= 11 is 0. The number of halogens is 4. The fourth-order valence-corrected chi connectivity index (χ4v) is 1.64. The first-order chi connectivity index (χ1) is 9.59. The van der Waals surface area contributed by atoms with Crippen LogP contribution in [0.15, 0.2) is 18.2 Å². The summed E-state index contributed by atoms with van der Waals surface area (Å²) in [4.78, 5) is 0. The molecule has 0 saturated heterocycles. The zero-order chi connectivity index (χ0) is 16.1. The lowest BCUT2D eigenvalue weighted by molar-refractivity contribution is -0.140. The lowest BCUT2D eigenvalue weighted by Crippen LogP contribution is -2.25. The molecule has 0 saturated carbocycles. The zero-order valence-corrected chi connectivity index (χ0v) is 12.5. The molecule has 0 amide bonds. The summed E-state index contributed by atoms with van der Waals surface area (Å²) in [5, 5.41) is 3.15. The Bertz CT molecular complexity index is 452. The van der Waals surface area contributed by atoms with E-state index in [1.165, 1.54) is 6.07 Å². The van der Waals surface area contributed by atoms with E-state index in [0.717, 1.165) is 19.0 Å². The third-order valence-electron chi connectivity index (χ3n) is 2.84. The number of hydrogen-bond acceptors (Lipinski definition) is 2. The second-order valence-corrected chi connectivity index (χ2v) is 6.05. The highest BCUT2D eigenvalue weighted by molar-refractivity contribution is 5.31. The van der Waals surface area contributed by atoms with Crippen molar-refractivity contribution in [1.29, 1.82) is 0 Å². The molecule has 0 aliphatic rings. The lowest BCUT2D eigenvalue weighted by Gasteiger charge is -2.18. The van der Waals surface area contributed by atoms with Crippen LogP contribution in [0.5, 0.6) is 5.75 Å². The maximum Gasteiger partial charge on any atom is 0.419 e. The minimum atomic E-state index is -4.71. The molecule has 1 aromatic carbocycles. The van der Waals surface area contributed by atoms with Gasteiger partial charge in [0, 0.05) is 6.54 Å². The van der Waals surface area contributed by atoms with Crippen molar-refractivity contribution in [3.8, 4) is 5.75 Å². The van der Waals surface area contributed by atoms with E-state index >= 15 is 0 Å². The van der Waals surface area contributed by atoms with E-state index < -0.39 is 17.6 Å². The molecule has 0 fully saturated rings. The number of ether oxygens (including phenoxy) is 1. The van der Waals surface area contributed by atoms with Crippen LogP contribution in [0.2, 0.25) is 0 Å². The lowest BCUT2D eigenvalue weighted by atomic mass is 9.92. The second kappa shape index (κ2) is 7.11. The molecule has 0 atom stereocenters. The van der Waals surface area contributed by atoms with Crippen molar-refractivity contribution >= 4 is 0 Å². The minimum Gasteiger partial charge on any atom is -0.492 e. The van der Waals surface area contributed by atoms with Gasteiger partial charge in [0.15, 0.2) is 0 Å². The number of rotatable bonds is 6. The van der Waals surface area contributed by atoms with Gasteiger partial charge in [0.25, 0.3) is 0 Å². The molecule has 0 heterocycles. The summed E-state index contributed by atoms with van der Waals surface area (Å²) in [6, 6.07) is 2.65. The quantitative estimate of drug-likeness (QED) is 0.626. The number of benzene rings is 1. The van der Waals surface area contributed by atoms with Gasteiger partial charge in [-0.2, -0.15) is 13.2 Å². The second-order valence-electron chi connectivity index (χ2n) is 6.05. The number of nitrogens with one attached hydrogen (secondary N) is 1. The highest BCUT2D eigenvalue weighted by atomic mass is 19.4. The molecule has 0 radical (unpaired) electrons. The van der Waals surface area contributed by atoms with Crippen LogP contribution in [0.3, 0.4) is 0 Å². The highest BCUT2D eigenvalue weighted by Gasteiger charge is 2.34. The molecule has 0 spiro atoms. The first-order valence-electron chi connectivity index (χ1n) is 6.80. The van der Waals surface area contributed by atoms with E-state index in [-0.39, 0.29) is 17.8 Å². The molecular formula is C15H21F4NO. The van der Waals surface area contributed by atoms with Crippen LogP contribution >= 0.6 is 0 Å². The van der Waals surface area contributed by atoms with Crippen molar-refractivity contribution < 1.29 is 22.3 Å². The van der Waals surface area contributed by atoms with Gasteiger partial charge in [-0.15, -0.1) is 0 Å². The maximum absolute atomic E-state index is 13.1. The zero-order valence-electron chi connectivity index (χ0n) is 12.5. The van der Waals surface area contributed by atoms with Gasteiger partial charge in [0.1, 0.15) is 18.2 Å². The summed E-state index contributed by atoms with van der Waals surface area (Å²) in [5.41, 5.74) is -1.08. The van der Waals surface area contributed by atoms with Crippen molar-refractivity contribution in [1.82, 2.24) is 5.32 Å². The normalized spacial score (nSPS) is 12.5. The molecule has 21 heavy (non-hydrogen) atoms. The molecule has 1 rings (SSSR count). The van der Waals surface area contributed by atoms with Crippen molar-refractivity contribution in [3.63, 3.8) is 0 Å². The van der Waals surface area contributed by atoms with Crippen LogP contribution in [-0.4, -0.2) is 19.7 Å². The van der Waals surface area contributed by atoms with Crippen LogP contribution < -0.4 is 10.1 Å². The highest BCUT2D eigenvalue weighted by Crippen LogP contribution is 2.33. The molecule has 0 aromatic heterocycles. The SMILES string of the molecule is CC(C)(C)CCNCCOc1ccc(F)c(C(F)(F)F)c1.